The van der Waals surface area contributed by atoms with Gasteiger partial charge in [0, 0.05) is 11.7 Å². The van der Waals surface area contributed by atoms with E-state index in [1.807, 2.05) is 0 Å². The van der Waals surface area contributed by atoms with Crippen LogP contribution in [0.4, 0.5) is 4.39 Å². The van der Waals surface area contributed by atoms with E-state index in [0.29, 0.717) is 0 Å². The van der Waals surface area contributed by atoms with Crippen LogP contribution in [-0.2, 0) is 15.6 Å². The number of pyridine rings is 1. The second-order valence-electron chi connectivity index (χ2n) is 5.21. The van der Waals surface area contributed by atoms with Gasteiger partial charge in [0.15, 0.2) is 11.6 Å². The number of hydrogen-bond acceptors (Lipinski definition) is 5. The molecule has 9 heteroatoms. The number of nitrogens with zero attached hydrogens (tertiary/aromatic N) is 4. The molecule has 0 aliphatic carbocycles. The highest BCUT2D eigenvalue weighted by molar-refractivity contribution is 7.89. The molecule has 7 nitrogen and oxygen atoms in total. The van der Waals surface area contributed by atoms with Gasteiger partial charge in [-0.1, -0.05) is 0 Å². The van der Waals surface area contributed by atoms with Crippen LogP contribution in [0, 0.1) is 5.82 Å². The van der Waals surface area contributed by atoms with Gasteiger partial charge >= 0.3 is 0 Å². The minimum atomic E-state index is -4.07. The lowest BCUT2D eigenvalue weighted by molar-refractivity contribution is 0.365. The predicted octanol–water partition coefficient (Wildman–Crippen LogP) is 0.882. The molecule has 108 valence electrons. The molecule has 20 heavy (non-hydrogen) atoms. The van der Waals surface area contributed by atoms with Gasteiger partial charge in [-0.2, -0.15) is 0 Å². The molecule has 0 atom stereocenters. The van der Waals surface area contributed by atoms with Gasteiger partial charge in [0.2, 0.25) is 0 Å². The first-order chi connectivity index (χ1) is 9.12. The molecule has 0 amide bonds. The molecule has 0 radical (unpaired) electrons. The summed E-state index contributed by atoms with van der Waals surface area (Å²) >= 11 is 0. The molecule has 2 heterocycles. The van der Waals surface area contributed by atoms with Gasteiger partial charge in [-0.3, -0.25) is 9.55 Å². The fourth-order valence-electron chi connectivity index (χ4n) is 1.79. The first kappa shape index (κ1) is 14.5. The van der Waals surface area contributed by atoms with Gasteiger partial charge in [0.05, 0.1) is 11.8 Å². The number of sulfonamides is 1. The Morgan fingerprint density at radius 1 is 1.30 bits per heavy atom. The minimum Gasteiger partial charge on any atom is -0.291 e. The Labute approximate surface area is 115 Å². The zero-order valence-corrected chi connectivity index (χ0v) is 12.0. The van der Waals surface area contributed by atoms with Crippen molar-refractivity contribution in [2.24, 2.45) is 5.14 Å². The summed E-state index contributed by atoms with van der Waals surface area (Å²) in [6.07, 6.45) is 2.41. The predicted molar refractivity (Wildman–Crippen MR) is 69.6 cm³/mol. The number of halogens is 1. The Bertz CT molecular complexity index is 748. The maximum absolute atomic E-state index is 13.8. The zero-order valence-electron chi connectivity index (χ0n) is 11.2. The van der Waals surface area contributed by atoms with Crippen LogP contribution in [0.5, 0.6) is 0 Å². The molecule has 0 aliphatic rings. The van der Waals surface area contributed by atoms with Gasteiger partial charge in [-0.25, -0.2) is 17.9 Å². The fourth-order valence-corrected chi connectivity index (χ4v) is 2.56. The summed E-state index contributed by atoms with van der Waals surface area (Å²) in [5.74, 6) is -0.534. The molecule has 2 N–H and O–H groups in total. The van der Waals surface area contributed by atoms with Gasteiger partial charge in [-0.15, -0.1) is 10.2 Å². The molecule has 2 aromatic rings. The van der Waals surface area contributed by atoms with Crippen molar-refractivity contribution in [1.82, 2.24) is 19.7 Å². The van der Waals surface area contributed by atoms with E-state index in [0.717, 1.165) is 6.20 Å². The third-order valence-electron chi connectivity index (χ3n) is 2.57. The van der Waals surface area contributed by atoms with Crippen LogP contribution in [0.15, 0.2) is 23.6 Å². The Balaban J connectivity index is 2.81. The van der Waals surface area contributed by atoms with Crippen LogP contribution < -0.4 is 5.14 Å². The molecule has 0 saturated carbocycles. The van der Waals surface area contributed by atoms with Crippen molar-refractivity contribution in [3.8, 4) is 11.4 Å². The maximum Gasteiger partial charge on any atom is 0.273 e. The third-order valence-corrected chi connectivity index (χ3v) is 3.35. The van der Waals surface area contributed by atoms with E-state index in [9.17, 15) is 12.8 Å². The number of primary sulfonamides is 1. The van der Waals surface area contributed by atoms with Gasteiger partial charge < -0.3 is 0 Å². The summed E-state index contributed by atoms with van der Waals surface area (Å²) in [4.78, 5) is 3.64. The topological polar surface area (TPSA) is 104 Å². The number of aromatic nitrogens is 4. The summed E-state index contributed by atoms with van der Waals surface area (Å²) in [6.45, 7) is 5.23. The lowest BCUT2D eigenvalue weighted by Crippen LogP contribution is -2.29. The van der Waals surface area contributed by atoms with Gasteiger partial charge in [-0.05, 0) is 26.8 Å². The summed E-state index contributed by atoms with van der Waals surface area (Å²) in [7, 11) is -4.07. The van der Waals surface area contributed by atoms with Gasteiger partial charge in [0.1, 0.15) is 0 Å². The SMILES string of the molecule is CC(C)(C)n1c(-c2ccncc2F)nnc1S(N)(=O)=O. The number of nitrogens with two attached hydrogens (primary N) is 1. The Morgan fingerprint density at radius 2 is 1.95 bits per heavy atom. The van der Waals surface area contributed by atoms with Crippen molar-refractivity contribution in [3.63, 3.8) is 0 Å². The van der Waals surface area contributed by atoms with Crippen LogP contribution >= 0.6 is 0 Å². The molecular weight excluding hydrogens is 285 g/mol. The van der Waals surface area contributed by atoms with Crippen molar-refractivity contribution >= 4 is 10.0 Å². The highest BCUT2D eigenvalue weighted by atomic mass is 32.2. The molecular formula is C11H14FN5O2S. The van der Waals surface area contributed by atoms with E-state index < -0.39 is 26.5 Å². The Morgan fingerprint density at radius 3 is 2.45 bits per heavy atom. The van der Waals surface area contributed by atoms with E-state index in [1.54, 1.807) is 20.8 Å². The molecule has 0 aliphatic heterocycles. The quantitative estimate of drug-likeness (QED) is 0.886. The summed E-state index contributed by atoms with van der Waals surface area (Å²) < 4.78 is 38.3. The maximum atomic E-state index is 13.8. The van der Waals surface area contributed by atoms with E-state index in [-0.39, 0.29) is 11.4 Å². The zero-order chi connectivity index (χ0) is 15.1. The average molecular weight is 299 g/mol. The van der Waals surface area contributed by atoms with Gasteiger partial charge in [0.25, 0.3) is 15.2 Å². The average Bonchev–Trinajstić information content (AvgIpc) is 2.73. The van der Waals surface area contributed by atoms with Crippen LogP contribution in [-0.4, -0.2) is 28.2 Å². The van der Waals surface area contributed by atoms with E-state index in [1.165, 1.54) is 16.8 Å². The summed E-state index contributed by atoms with van der Waals surface area (Å²) in [5.41, 5.74) is -0.589. The van der Waals surface area contributed by atoms with Crippen LogP contribution in [0.3, 0.4) is 0 Å². The van der Waals surface area contributed by atoms with E-state index in [4.69, 9.17) is 5.14 Å². The molecule has 2 aromatic heterocycles. The highest BCUT2D eigenvalue weighted by Crippen LogP contribution is 2.28. The largest absolute Gasteiger partial charge is 0.291 e. The molecule has 0 aromatic carbocycles. The standard InChI is InChI=1S/C11H14FN5O2S/c1-11(2,3)17-9(7-4-5-14-6-8(7)12)15-16-10(17)20(13,18)19/h4-6H,1-3H3,(H2,13,18,19). The van der Waals surface area contributed by atoms with Crippen molar-refractivity contribution in [3.05, 3.63) is 24.3 Å². The lowest BCUT2D eigenvalue weighted by atomic mass is 10.1. The van der Waals surface area contributed by atoms with E-state index >= 15 is 0 Å². The smallest absolute Gasteiger partial charge is 0.273 e. The Kier molecular flexibility index (Phi) is 3.34. The monoisotopic (exact) mass is 299 g/mol. The first-order valence-electron chi connectivity index (χ1n) is 5.71. The Hall–Kier alpha value is -1.87. The van der Waals surface area contributed by atoms with Crippen molar-refractivity contribution < 1.29 is 12.8 Å². The molecule has 0 unspecified atom stereocenters. The van der Waals surface area contributed by atoms with Crippen LogP contribution in [0.1, 0.15) is 20.8 Å². The third kappa shape index (κ3) is 2.54. The molecule has 2 rings (SSSR count). The highest BCUT2D eigenvalue weighted by Gasteiger charge is 2.30. The van der Waals surface area contributed by atoms with Crippen molar-refractivity contribution in [2.45, 2.75) is 31.5 Å². The van der Waals surface area contributed by atoms with Crippen molar-refractivity contribution in [2.75, 3.05) is 0 Å². The summed E-state index contributed by atoms with van der Waals surface area (Å²) in [5, 5.41) is 12.1. The normalized spacial score (nSPS) is 12.7. The second kappa shape index (κ2) is 4.60. The van der Waals surface area contributed by atoms with Crippen LogP contribution in [0.2, 0.25) is 0 Å². The first-order valence-corrected chi connectivity index (χ1v) is 7.25. The summed E-state index contributed by atoms with van der Waals surface area (Å²) in [6, 6.07) is 1.40. The van der Waals surface area contributed by atoms with Crippen LogP contribution in [0.25, 0.3) is 11.4 Å². The second-order valence-corrected chi connectivity index (χ2v) is 6.67. The minimum absolute atomic E-state index is 0.0847. The fraction of sp³-hybridized carbons (Fsp3) is 0.364. The lowest BCUT2D eigenvalue weighted by Gasteiger charge is -2.24. The van der Waals surface area contributed by atoms with Crippen molar-refractivity contribution in [1.29, 1.82) is 0 Å². The number of rotatable bonds is 2. The number of hydrogen-bond donors (Lipinski definition) is 1. The molecule has 0 fully saturated rings. The molecule has 0 saturated heterocycles. The molecule has 0 spiro atoms. The van der Waals surface area contributed by atoms with E-state index in [2.05, 4.69) is 15.2 Å². The molecule has 0 bridgehead atoms.